The van der Waals surface area contributed by atoms with Gasteiger partial charge >= 0.3 is 0 Å². The molecule has 0 aromatic carbocycles. The maximum Gasteiger partial charge on any atom is 0.212 e. The third-order valence-electron chi connectivity index (χ3n) is 2.81. The molecule has 1 heterocycles. The molecular formula is C13H24N2O. The number of nitrogens with zero attached hydrogens (tertiary/aromatic N) is 2. The van der Waals surface area contributed by atoms with Crippen molar-refractivity contribution < 1.29 is 5.11 Å². The van der Waals surface area contributed by atoms with Gasteiger partial charge in [0.2, 0.25) is 5.88 Å². The second kappa shape index (κ2) is 4.89. The zero-order valence-corrected chi connectivity index (χ0v) is 11.2. The second-order valence-corrected chi connectivity index (χ2v) is 5.33. The lowest BCUT2D eigenvalue weighted by molar-refractivity contribution is 0.388. The van der Waals surface area contributed by atoms with Crippen molar-refractivity contribution in [1.29, 1.82) is 0 Å². The second-order valence-electron chi connectivity index (χ2n) is 5.33. The fraction of sp³-hybridized carbons (Fsp3) is 0.769. The van der Waals surface area contributed by atoms with Crippen molar-refractivity contribution in [2.75, 3.05) is 0 Å². The van der Waals surface area contributed by atoms with E-state index in [2.05, 4.69) is 39.7 Å². The smallest absolute Gasteiger partial charge is 0.212 e. The average Bonchev–Trinajstić information content (AvgIpc) is 2.51. The van der Waals surface area contributed by atoms with Crippen molar-refractivity contribution in [3.8, 4) is 5.88 Å². The summed E-state index contributed by atoms with van der Waals surface area (Å²) in [4.78, 5) is 0. The van der Waals surface area contributed by atoms with Gasteiger partial charge in [-0.25, -0.2) is 4.68 Å². The molecule has 0 radical (unpaired) electrons. The zero-order chi connectivity index (χ0) is 12.3. The number of hydrogen-bond donors (Lipinski definition) is 1. The molecule has 0 saturated carbocycles. The SMILES string of the molecule is CCCCn1nc(C(C)(C)C)c(CC)c1O. The Hall–Kier alpha value is -0.990. The Morgan fingerprint density at radius 1 is 1.25 bits per heavy atom. The highest BCUT2D eigenvalue weighted by molar-refractivity contribution is 5.34. The highest BCUT2D eigenvalue weighted by Gasteiger charge is 2.25. The van der Waals surface area contributed by atoms with E-state index < -0.39 is 0 Å². The number of hydrogen-bond acceptors (Lipinski definition) is 2. The van der Waals surface area contributed by atoms with Gasteiger partial charge in [0.25, 0.3) is 0 Å². The standard InChI is InChI=1S/C13H24N2O/c1-6-8-9-15-12(16)10(7-2)11(14-15)13(3,4)5/h16H,6-9H2,1-5H3. The van der Waals surface area contributed by atoms with Crippen molar-refractivity contribution in [2.24, 2.45) is 0 Å². The predicted octanol–water partition coefficient (Wildman–Crippen LogP) is 3.25. The first-order chi connectivity index (χ1) is 7.41. The lowest BCUT2D eigenvalue weighted by atomic mass is 9.89. The Bertz CT molecular complexity index is 348. The van der Waals surface area contributed by atoms with E-state index in [4.69, 9.17) is 0 Å². The molecule has 0 aliphatic carbocycles. The molecule has 0 bridgehead atoms. The lowest BCUT2D eigenvalue weighted by Crippen LogP contribution is -2.14. The lowest BCUT2D eigenvalue weighted by Gasteiger charge is -2.16. The van der Waals surface area contributed by atoms with Gasteiger partial charge < -0.3 is 5.11 Å². The third-order valence-corrected chi connectivity index (χ3v) is 2.81. The molecule has 1 rings (SSSR count). The van der Waals surface area contributed by atoms with Crippen LogP contribution in [0, 0.1) is 0 Å². The molecule has 0 spiro atoms. The first-order valence-corrected chi connectivity index (χ1v) is 6.20. The molecule has 1 N–H and O–H groups in total. The number of rotatable bonds is 4. The van der Waals surface area contributed by atoms with E-state index in [1.54, 1.807) is 4.68 Å². The van der Waals surface area contributed by atoms with E-state index in [1.807, 2.05) is 0 Å². The van der Waals surface area contributed by atoms with E-state index in [0.29, 0.717) is 5.88 Å². The van der Waals surface area contributed by atoms with Crippen LogP contribution in [0.4, 0.5) is 0 Å². The van der Waals surface area contributed by atoms with Gasteiger partial charge in [-0.1, -0.05) is 41.0 Å². The Labute approximate surface area is 98.5 Å². The first-order valence-electron chi connectivity index (χ1n) is 6.20. The van der Waals surface area contributed by atoms with Crippen LogP contribution in [0.2, 0.25) is 0 Å². The number of aromatic nitrogens is 2. The van der Waals surface area contributed by atoms with Crippen LogP contribution >= 0.6 is 0 Å². The molecule has 16 heavy (non-hydrogen) atoms. The molecule has 0 atom stereocenters. The molecule has 0 amide bonds. The summed E-state index contributed by atoms with van der Waals surface area (Å²) in [7, 11) is 0. The minimum absolute atomic E-state index is 0.000286. The topological polar surface area (TPSA) is 38.0 Å². The summed E-state index contributed by atoms with van der Waals surface area (Å²) < 4.78 is 1.75. The molecule has 92 valence electrons. The largest absolute Gasteiger partial charge is 0.493 e. The Morgan fingerprint density at radius 3 is 2.25 bits per heavy atom. The summed E-state index contributed by atoms with van der Waals surface area (Å²) in [6.45, 7) is 11.4. The number of unbranched alkanes of at least 4 members (excludes halogenated alkanes) is 1. The fourth-order valence-corrected chi connectivity index (χ4v) is 1.88. The van der Waals surface area contributed by atoms with Gasteiger partial charge in [0.05, 0.1) is 5.69 Å². The number of aromatic hydroxyl groups is 1. The van der Waals surface area contributed by atoms with Gasteiger partial charge in [0.1, 0.15) is 0 Å². The predicted molar refractivity (Wildman–Crippen MR) is 66.9 cm³/mol. The van der Waals surface area contributed by atoms with E-state index in [-0.39, 0.29) is 5.41 Å². The van der Waals surface area contributed by atoms with Crippen molar-refractivity contribution >= 4 is 0 Å². The van der Waals surface area contributed by atoms with Crippen LogP contribution in [0.15, 0.2) is 0 Å². The molecule has 1 aromatic heterocycles. The zero-order valence-electron chi connectivity index (χ0n) is 11.2. The molecule has 3 nitrogen and oxygen atoms in total. The van der Waals surface area contributed by atoms with Gasteiger partial charge in [0.15, 0.2) is 0 Å². The van der Waals surface area contributed by atoms with Crippen LogP contribution in [-0.4, -0.2) is 14.9 Å². The van der Waals surface area contributed by atoms with E-state index in [1.165, 1.54) is 0 Å². The number of aryl methyl sites for hydroxylation is 1. The van der Waals surface area contributed by atoms with Crippen molar-refractivity contribution in [3.63, 3.8) is 0 Å². The van der Waals surface area contributed by atoms with Crippen LogP contribution in [0.5, 0.6) is 5.88 Å². The highest BCUT2D eigenvalue weighted by atomic mass is 16.3. The summed E-state index contributed by atoms with van der Waals surface area (Å²) in [5, 5.41) is 14.7. The summed E-state index contributed by atoms with van der Waals surface area (Å²) in [5.41, 5.74) is 2.03. The molecule has 0 saturated heterocycles. The molecule has 0 aliphatic heterocycles. The minimum atomic E-state index is 0.000286. The highest BCUT2D eigenvalue weighted by Crippen LogP contribution is 2.31. The normalized spacial score (nSPS) is 12.1. The van der Waals surface area contributed by atoms with Crippen LogP contribution in [0.3, 0.4) is 0 Å². The Morgan fingerprint density at radius 2 is 1.88 bits per heavy atom. The summed E-state index contributed by atoms with van der Waals surface area (Å²) in [5.74, 6) is 0.362. The third kappa shape index (κ3) is 2.57. The van der Waals surface area contributed by atoms with Crippen LogP contribution < -0.4 is 0 Å². The van der Waals surface area contributed by atoms with E-state index >= 15 is 0 Å². The quantitative estimate of drug-likeness (QED) is 0.852. The van der Waals surface area contributed by atoms with Crippen LogP contribution in [0.1, 0.15) is 58.7 Å². The Balaban J connectivity index is 3.10. The molecule has 0 aliphatic rings. The van der Waals surface area contributed by atoms with Crippen molar-refractivity contribution in [1.82, 2.24) is 9.78 Å². The first kappa shape index (κ1) is 13.1. The minimum Gasteiger partial charge on any atom is -0.493 e. The van der Waals surface area contributed by atoms with E-state index in [0.717, 1.165) is 37.1 Å². The maximum absolute atomic E-state index is 10.1. The molecule has 1 aromatic rings. The van der Waals surface area contributed by atoms with Gasteiger partial charge in [-0.05, 0) is 12.8 Å². The summed E-state index contributed by atoms with van der Waals surface area (Å²) in [6, 6.07) is 0. The monoisotopic (exact) mass is 224 g/mol. The Kier molecular flexibility index (Phi) is 4.00. The fourth-order valence-electron chi connectivity index (χ4n) is 1.88. The summed E-state index contributed by atoms with van der Waals surface area (Å²) in [6.07, 6.45) is 3.01. The van der Waals surface area contributed by atoms with E-state index in [9.17, 15) is 5.11 Å². The van der Waals surface area contributed by atoms with Gasteiger partial charge in [-0.2, -0.15) is 5.10 Å². The maximum atomic E-state index is 10.1. The molecule has 0 unspecified atom stereocenters. The van der Waals surface area contributed by atoms with Crippen molar-refractivity contribution in [3.05, 3.63) is 11.3 Å². The van der Waals surface area contributed by atoms with Gasteiger partial charge in [-0.3, -0.25) is 0 Å². The summed E-state index contributed by atoms with van der Waals surface area (Å²) >= 11 is 0. The van der Waals surface area contributed by atoms with Crippen LogP contribution in [-0.2, 0) is 18.4 Å². The van der Waals surface area contributed by atoms with Crippen molar-refractivity contribution in [2.45, 2.75) is 65.8 Å². The molecule has 0 fully saturated rings. The molecular weight excluding hydrogens is 200 g/mol. The molecule has 3 heteroatoms. The van der Waals surface area contributed by atoms with Crippen LogP contribution in [0.25, 0.3) is 0 Å². The average molecular weight is 224 g/mol. The van der Waals surface area contributed by atoms with Gasteiger partial charge in [-0.15, -0.1) is 0 Å². The van der Waals surface area contributed by atoms with Gasteiger partial charge in [0, 0.05) is 17.5 Å².